The Bertz CT molecular complexity index is 1220. The smallest absolute Gasteiger partial charge is 0.457 e. The van der Waals surface area contributed by atoms with Crippen LogP contribution in [0.15, 0.2) is 102 Å². The number of nitrogens with zero attached hydrogens (tertiary/aromatic N) is 2. The zero-order chi connectivity index (χ0) is 23.4. The fourth-order valence-electron chi connectivity index (χ4n) is 4.13. The van der Waals surface area contributed by atoms with Crippen molar-refractivity contribution in [2.75, 3.05) is 6.54 Å². The number of fused-ring (bicyclic) bond motifs is 1. The highest BCUT2D eigenvalue weighted by molar-refractivity contribution is 6.30. The highest BCUT2D eigenvalue weighted by Crippen LogP contribution is 2.34. The van der Waals surface area contributed by atoms with Crippen LogP contribution in [0.4, 0.5) is 0 Å². The van der Waals surface area contributed by atoms with Crippen molar-refractivity contribution < 1.29 is 9.22 Å². The Balaban J connectivity index is 1.59. The van der Waals surface area contributed by atoms with Gasteiger partial charge in [0.15, 0.2) is 11.4 Å². The number of halogens is 1. The molecular formula is C27H27BClN3O+. The predicted octanol–water partition coefficient (Wildman–Crippen LogP) is 6.06. The van der Waals surface area contributed by atoms with Crippen LogP contribution in [-0.2, 0) is 0 Å². The van der Waals surface area contributed by atoms with Crippen molar-refractivity contribution in [2.45, 2.75) is 20.3 Å². The number of allylic oxidation sites excluding steroid dienone is 5. The summed E-state index contributed by atoms with van der Waals surface area (Å²) < 4.78 is 8.09. The fraction of sp³-hybridized carbons (Fsp3) is 0.148. The normalized spacial score (nSPS) is 16.9. The largest absolute Gasteiger partial charge is 0.699 e. The minimum atomic E-state index is 0.594. The Morgan fingerprint density at radius 1 is 1.15 bits per heavy atom. The third-order valence-corrected chi connectivity index (χ3v) is 5.83. The number of benzene rings is 2. The molecule has 0 unspecified atom stereocenters. The number of nitrogens with two attached hydrogens (primary N) is 1. The van der Waals surface area contributed by atoms with E-state index in [-0.39, 0.29) is 0 Å². The first kappa shape index (κ1) is 22.9. The van der Waals surface area contributed by atoms with Crippen LogP contribution in [0.3, 0.4) is 0 Å². The minimum absolute atomic E-state index is 0.594. The van der Waals surface area contributed by atoms with E-state index in [1.807, 2.05) is 55.6 Å². The summed E-state index contributed by atoms with van der Waals surface area (Å²) in [5.41, 5.74) is 12.9. The van der Waals surface area contributed by atoms with Crippen LogP contribution in [0.1, 0.15) is 25.8 Å². The zero-order valence-electron chi connectivity index (χ0n) is 19.0. The van der Waals surface area contributed by atoms with Gasteiger partial charge in [0.2, 0.25) is 0 Å². The third-order valence-electron chi connectivity index (χ3n) is 5.59. The van der Waals surface area contributed by atoms with Gasteiger partial charge in [-0.15, -0.1) is 0 Å². The van der Waals surface area contributed by atoms with Crippen LogP contribution in [-0.4, -0.2) is 29.1 Å². The topological polar surface area (TPSA) is 41.5 Å². The Kier molecular flexibility index (Phi) is 7.02. The molecule has 4 nitrogen and oxygen atoms in total. The van der Waals surface area contributed by atoms with Crippen molar-refractivity contribution >= 4 is 30.9 Å². The summed E-state index contributed by atoms with van der Waals surface area (Å²) in [7, 11) is 2.08. The SMILES string of the molecule is C=CN1[B][N+]2=C(/C=C/c3ccc(Oc4cccc(Cl)c4)cc3)C=C(C)C2=C(CCN)/C1=C/C. The van der Waals surface area contributed by atoms with Crippen LogP contribution in [0.25, 0.3) is 6.08 Å². The Morgan fingerprint density at radius 3 is 2.61 bits per heavy atom. The van der Waals surface area contributed by atoms with Gasteiger partial charge in [0.25, 0.3) is 0 Å². The van der Waals surface area contributed by atoms with Crippen molar-refractivity contribution in [2.24, 2.45) is 5.73 Å². The molecule has 33 heavy (non-hydrogen) atoms. The highest BCUT2D eigenvalue weighted by atomic mass is 35.5. The van der Waals surface area contributed by atoms with Crippen LogP contribution in [0.2, 0.25) is 5.02 Å². The molecule has 2 aromatic rings. The van der Waals surface area contributed by atoms with Gasteiger partial charge in [-0.3, -0.25) is 4.49 Å². The first-order valence-electron chi connectivity index (χ1n) is 11.0. The van der Waals surface area contributed by atoms with E-state index in [4.69, 9.17) is 22.1 Å². The van der Waals surface area contributed by atoms with Gasteiger partial charge in [-0.05, 0) is 75.0 Å². The summed E-state index contributed by atoms with van der Waals surface area (Å²) in [5, 5.41) is 0.651. The molecule has 2 aliphatic heterocycles. The molecule has 6 heteroatoms. The standard InChI is InChI=1S/C27H27BClN3O/c1-4-26-25(15-16-30)27-19(3)17-22(32(27)28-31(26)5-2)12-9-20-10-13-23(14-11-20)33-24-8-6-7-21(29)18-24/h4-14,17-18H,2,15-16,30H2,1,3H3/q+1/b12-9+,26-4-. The third kappa shape index (κ3) is 4.90. The number of hydrogen-bond acceptors (Lipinski definition) is 3. The molecule has 0 fully saturated rings. The molecular weight excluding hydrogens is 429 g/mol. The zero-order valence-corrected chi connectivity index (χ0v) is 19.7. The molecule has 1 radical (unpaired) electrons. The van der Waals surface area contributed by atoms with Crippen molar-refractivity contribution in [1.82, 2.24) is 4.81 Å². The first-order chi connectivity index (χ1) is 16.0. The van der Waals surface area contributed by atoms with Crippen molar-refractivity contribution in [1.29, 1.82) is 0 Å². The summed E-state index contributed by atoms with van der Waals surface area (Å²) in [6, 6.07) is 15.4. The lowest BCUT2D eigenvalue weighted by molar-refractivity contribution is -0.322. The second-order valence-electron chi connectivity index (χ2n) is 7.83. The van der Waals surface area contributed by atoms with Crippen LogP contribution in [0.5, 0.6) is 11.5 Å². The van der Waals surface area contributed by atoms with Crippen molar-refractivity contribution in [3.05, 3.63) is 113 Å². The maximum atomic E-state index is 6.04. The summed E-state index contributed by atoms with van der Waals surface area (Å²) in [4.78, 5) is 2.05. The van der Waals surface area contributed by atoms with Gasteiger partial charge in [0.05, 0.1) is 0 Å². The van der Waals surface area contributed by atoms with E-state index in [1.54, 1.807) is 6.07 Å². The molecule has 2 aromatic carbocycles. The molecule has 0 amide bonds. The minimum Gasteiger partial charge on any atom is -0.457 e. The molecule has 0 atom stereocenters. The fourth-order valence-corrected chi connectivity index (χ4v) is 4.31. The number of rotatable bonds is 7. The molecule has 0 saturated heterocycles. The van der Waals surface area contributed by atoms with Gasteiger partial charge in [-0.2, -0.15) is 0 Å². The molecule has 2 N–H and O–H groups in total. The molecule has 0 bridgehead atoms. The summed E-state index contributed by atoms with van der Waals surface area (Å²) in [5.74, 6) is 1.48. The Morgan fingerprint density at radius 2 is 1.94 bits per heavy atom. The lowest BCUT2D eigenvalue weighted by Gasteiger charge is -2.27. The second-order valence-corrected chi connectivity index (χ2v) is 8.27. The van der Waals surface area contributed by atoms with Crippen molar-refractivity contribution in [3.63, 3.8) is 0 Å². The molecule has 4 rings (SSSR count). The van der Waals surface area contributed by atoms with Gasteiger partial charge in [-0.25, -0.2) is 0 Å². The highest BCUT2D eigenvalue weighted by Gasteiger charge is 2.40. The van der Waals surface area contributed by atoms with Crippen molar-refractivity contribution in [3.8, 4) is 11.5 Å². The van der Waals surface area contributed by atoms with Crippen LogP contribution < -0.4 is 10.5 Å². The lowest BCUT2D eigenvalue weighted by atomic mass is 9.90. The molecule has 0 aromatic heterocycles. The van der Waals surface area contributed by atoms with Gasteiger partial charge >= 0.3 is 7.55 Å². The predicted molar refractivity (Wildman–Crippen MR) is 138 cm³/mol. The van der Waals surface area contributed by atoms with Gasteiger partial charge in [0.1, 0.15) is 11.5 Å². The van der Waals surface area contributed by atoms with Gasteiger partial charge < -0.3 is 15.3 Å². The molecule has 0 spiro atoms. The Labute approximate surface area is 201 Å². The van der Waals surface area contributed by atoms with Crippen LogP contribution >= 0.6 is 11.6 Å². The van der Waals surface area contributed by atoms with E-state index in [1.165, 1.54) is 16.8 Å². The van der Waals surface area contributed by atoms with Crippen LogP contribution in [0, 0.1) is 0 Å². The maximum Gasteiger partial charge on any atom is 0.699 e. The quantitative estimate of drug-likeness (QED) is 0.516. The number of ether oxygens (including phenoxy) is 1. The average Bonchev–Trinajstić information content (AvgIpc) is 3.13. The molecule has 2 aliphatic rings. The summed E-state index contributed by atoms with van der Waals surface area (Å²) in [6.45, 7) is 8.77. The number of hydrogen-bond donors (Lipinski definition) is 1. The van der Waals surface area contributed by atoms with E-state index in [0.717, 1.165) is 29.1 Å². The molecule has 0 aliphatic carbocycles. The van der Waals surface area contributed by atoms with E-state index in [2.05, 4.69) is 54.7 Å². The first-order valence-corrected chi connectivity index (χ1v) is 11.3. The monoisotopic (exact) mass is 455 g/mol. The van der Waals surface area contributed by atoms with E-state index in [9.17, 15) is 0 Å². The summed E-state index contributed by atoms with van der Waals surface area (Å²) >= 11 is 6.04. The lowest BCUT2D eigenvalue weighted by Crippen LogP contribution is -2.38. The molecule has 2 heterocycles. The van der Waals surface area contributed by atoms with Gasteiger partial charge in [-0.1, -0.05) is 42.5 Å². The average molecular weight is 456 g/mol. The maximum absolute atomic E-state index is 6.04. The summed E-state index contributed by atoms with van der Waals surface area (Å²) in [6.07, 6.45) is 11.2. The molecule has 0 saturated carbocycles. The Hall–Kier alpha value is -3.28. The van der Waals surface area contributed by atoms with E-state index in [0.29, 0.717) is 17.3 Å². The second kappa shape index (κ2) is 10.1. The van der Waals surface area contributed by atoms with Gasteiger partial charge in [0, 0.05) is 34.0 Å². The molecule has 165 valence electrons. The van der Waals surface area contributed by atoms with E-state index < -0.39 is 0 Å². The van der Waals surface area contributed by atoms with E-state index >= 15 is 0 Å².